The third-order valence-electron chi connectivity index (χ3n) is 3.23. The third kappa shape index (κ3) is 7.29. The predicted molar refractivity (Wildman–Crippen MR) is 110 cm³/mol. The van der Waals surface area contributed by atoms with E-state index in [1.54, 1.807) is 11.3 Å². The van der Waals surface area contributed by atoms with Gasteiger partial charge in [0.1, 0.15) is 0 Å². The number of nitrogens with one attached hydrogen (secondary N) is 1. The molecule has 1 aromatic heterocycles. The number of nitrogens with two attached hydrogens (primary N) is 2. The van der Waals surface area contributed by atoms with Gasteiger partial charge >= 0.3 is 0 Å². The summed E-state index contributed by atoms with van der Waals surface area (Å²) in [7, 11) is 0. The number of hydrogen-bond acceptors (Lipinski definition) is 4. The zero-order valence-electron chi connectivity index (χ0n) is 14.1. The van der Waals surface area contributed by atoms with Gasteiger partial charge in [0.15, 0.2) is 11.1 Å². The number of amides is 1. The molecule has 5 N–H and O–H groups in total. The number of carbonyl (C=O) groups is 1. The maximum Gasteiger partial charge on any atom is 0.223 e. The number of rotatable bonds is 6. The smallest absolute Gasteiger partial charge is 0.223 e. The zero-order valence-corrected chi connectivity index (χ0v) is 16.6. The van der Waals surface area contributed by atoms with Gasteiger partial charge in [0, 0.05) is 11.8 Å². The first-order valence-electron chi connectivity index (χ1n) is 7.42. The summed E-state index contributed by atoms with van der Waals surface area (Å²) in [5, 5.41) is 3.43. The van der Waals surface area contributed by atoms with Gasteiger partial charge in [-0.25, -0.2) is 9.98 Å². The Morgan fingerprint density at radius 1 is 1.20 bits per heavy atom. The SMILES string of the molecule is CCc1sc(NC(C)=O)nc1CCc1ccc(N=C(N)N)cc1.Cl.Cl. The Morgan fingerprint density at radius 2 is 1.84 bits per heavy atom. The third-order valence-corrected chi connectivity index (χ3v) is 4.38. The molecule has 0 atom stereocenters. The molecule has 9 heteroatoms. The number of aryl methyl sites for hydroxylation is 3. The monoisotopic (exact) mass is 403 g/mol. The predicted octanol–water partition coefficient (Wildman–Crippen LogP) is 3.20. The van der Waals surface area contributed by atoms with Crippen LogP contribution in [0.15, 0.2) is 29.3 Å². The molecule has 0 bridgehead atoms. The normalized spacial score (nSPS) is 9.52. The summed E-state index contributed by atoms with van der Waals surface area (Å²) in [6.45, 7) is 3.59. The summed E-state index contributed by atoms with van der Waals surface area (Å²) >= 11 is 1.54. The molecule has 138 valence electrons. The largest absolute Gasteiger partial charge is 0.370 e. The first kappa shape index (κ1) is 23.2. The van der Waals surface area contributed by atoms with Crippen molar-refractivity contribution in [1.82, 2.24) is 4.98 Å². The second-order valence-corrected chi connectivity index (χ2v) is 6.21. The maximum absolute atomic E-state index is 11.1. The van der Waals surface area contributed by atoms with Gasteiger partial charge in [-0.3, -0.25) is 4.79 Å². The Labute approximate surface area is 163 Å². The van der Waals surface area contributed by atoms with E-state index in [-0.39, 0.29) is 36.7 Å². The molecule has 2 rings (SSSR count). The Kier molecular flexibility index (Phi) is 10.1. The number of anilines is 1. The molecule has 0 spiro atoms. The van der Waals surface area contributed by atoms with Gasteiger partial charge in [-0.05, 0) is 37.0 Å². The Morgan fingerprint density at radius 3 is 2.36 bits per heavy atom. The van der Waals surface area contributed by atoms with E-state index >= 15 is 0 Å². The van der Waals surface area contributed by atoms with Gasteiger partial charge in [-0.2, -0.15) is 0 Å². The molecule has 1 heterocycles. The van der Waals surface area contributed by atoms with Crippen LogP contribution in [0.3, 0.4) is 0 Å². The van der Waals surface area contributed by atoms with Crippen LogP contribution in [0, 0.1) is 0 Å². The van der Waals surface area contributed by atoms with Gasteiger partial charge in [-0.15, -0.1) is 36.2 Å². The molecule has 0 saturated carbocycles. The fraction of sp³-hybridized carbons (Fsp3) is 0.312. The van der Waals surface area contributed by atoms with Crippen LogP contribution < -0.4 is 16.8 Å². The number of thiazole rings is 1. The van der Waals surface area contributed by atoms with Crippen molar-refractivity contribution in [1.29, 1.82) is 0 Å². The molecule has 25 heavy (non-hydrogen) atoms. The van der Waals surface area contributed by atoms with Gasteiger partial charge in [-0.1, -0.05) is 19.1 Å². The van der Waals surface area contributed by atoms with E-state index in [0.29, 0.717) is 5.13 Å². The van der Waals surface area contributed by atoms with E-state index in [9.17, 15) is 4.79 Å². The van der Waals surface area contributed by atoms with Crippen molar-refractivity contribution in [2.75, 3.05) is 5.32 Å². The van der Waals surface area contributed by atoms with Crippen molar-refractivity contribution in [2.45, 2.75) is 33.1 Å². The molecule has 0 fully saturated rings. The fourth-order valence-corrected chi connectivity index (χ4v) is 3.20. The average Bonchev–Trinajstić information content (AvgIpc) is 2.87. The van der Waals surface area contributed by atoms with Crippen LogP contribution >= 0.6 is 36.2 Å². The van der Waals surface area contributed by atoms with E-state index < -0.39 is 0 Å². The van der Waals surface area contributed by atoms with Gasteiger partial charge < -0.3 is 16.8 Å². The van der Waals surface area contributed by atoms with E-state index in [4.69, 9.17) is 11.5 Å². The standard InChI is InChI=1S/C16H21N5OS.2ClH/c1-3-14-13(21-16(23-14)19-10(2)22)9-6-11-4-7-12(8-5-11)20-15(17)18;;/h4-5,7-8H,3,6,9H2,1-2H3,(H4,17,18,20)(H,19,21,22);2*1H. The van der Waals surface area contributed by atoms with Gasteiger partial charge in [0.2, 0.25) is 5.91 Å². The minimum Gasteiger partial charge on any atom is -0.370 e. The van der Waals surface area contributed by atoms with Gasteiger partial charge in [0.25, 0.3) is 0 Å². The Hall–Kier alpha value is -1.83. The molecule has 0 aliphatic heterocycles. The molecule has 1 aromatic carbocycles. The van der Waals surface area contributed by atoms with Crippen LogP contribution in [-0.2, 0) is 24.1 Å². The summed E-state index contributed by atoms with van der Waals surface area (Å²) < 4.78 is 0. The van der Waals surface area contributed by atoms with Crippen molar-refractivity contribution in [3.05, 3.63) is 40.4 Å². The van der Waals surface area contributed by atoms with E-state index in [1.165, 1.54) is 17.4 Å². The van der Waals surface area contributed by atoms with Crippen molar-refractivity contribution in [3.8, 4) is 0 Å². The van der Waals surface area contributed by atoms with E-state index in [1.807, 2.05) is 24.3 Å². The van der Waals surface area contributed by atoms with Crippen molar-refractivity contribution >= 4 is 58.8 Å². The first-order chi connectivity index (χ1) is 11.0. The number of nitrogens with zero attached hydrogens (tertiary/aromatic N) is 2. The van der Waals surface area contributed by atoms with Crippen molar-refractivity contribution < 1.29 is 4.79 Å². The van der Waals surface area contributed by atoms with Crippen LogP contribution in [0.25, 0.3) is 0 Å². The van der Waals surface area contributed by atoms with Crippen LogP contribution in [0.2, 0.25) is 0 Å². The highest BCUT2D eigenvalue weighted by Gasteiger charge is 2.10. The summed E-state index contributed by atoms with van der Waals surface area (Å²) in [6.07, 6.45) is 2.62. The quantitative estimate of drug-likeness (QED) is 0.508. The maximum atomic E-state index is 11.1. The number of halogens is 2. The molecule has 0 unspecified atom stereocenters. The summed E-state index contributed by atoms with van der Waals surface area (Å²) in [4.78, 5) is 20.9. The summed E-state index contributed by atoms with van der Waals surface area (Å²) in [5.41, 5.74) is 13.7. The molecule has 0 radical (unpaired) electrons. The number of carbonyl (C=O) groups excluding carboxylic acids is 1. The van der Waals surface area contributed by atoms with Crippen molar-refractivity contribution in [3.63, 3.8) is 0 Å². The fourth-order valence-electron chi connectivity index (χ4n) is 2.21. The molecule has 6 nitrogen and oxygen atoms in total. The van der Waals surface area contributed by atoms with Crippen LogP contribution in [0.5, 0.6) is 0 Å². The topological polar surface area (TPSA) is 106 Å². The number of aromatic nitrogens is 1. The highest BCUT2D eigenvalue weighted by molar-refractivity contribution is 7.15. The Bertz CT molecular complexity index is 712. The average molecular weight is 404 g/mol. The highest BCUT2D eigenvalue weighted by Crippen LogP contribution is 2.25. The second-order valence-electron chi connectivity index (χ2n) is 5.13. The lowest BCUT2D eigenvalue weighted by Crippen LogP contribution is -2.21. The minimum atomic E-state index is -0.0942. The van der Waals surface area contributed by atoms with Crippen molar-refractivity contribution in [2.24, 2.45) is 16.5 Å². The molecule has 1 amide bonds. The first-order valence-corrected chi connectivity index (χ1v) is 8.24. The second kappa shape index (κ2) is 10.9. The van der Waals surface area contributed by atoms with Crippen LogP contribution in [0.4, 0.5) is 10.8 Å². The van der Waals surface area contributed by atoms with Crippen LogP contribution in [-0.4, -0.2) is 16.9 Å². The van der Waals surface area contributed by atoms with Crippen LogP contribution in [0.1, 0.15) is 30.0 Å². The van der Waals surface area contributed by atoms with E-state index in [2.05, 4.69) is 22.2 Å². The molecule has 0 aliphatic rings. The minimum absolute atomic E-state index is 0. The summed E-state index contributed by atoms with van der Waals surface area (Å²) in [6, 6.07) is 7.79. The lowest BCUT2D eigenvalue weighted by Gasteiger charge is -2.02. The van der Waals surface area contributed by atoms with E-state index in [0.717, 1.165) is 30.6 Å². The number of aliphatic imine (C=N–C) groups is 1. The Balaban J connectivity index is 0.00000288. The highest BCUT2D eigenvalue weighted by atomic mass is 35.5. The lowest BCUT2D eigenvalue weighted by molar-refractivity contribution is -0.114. The molecular formula is C16H23Cl2N5OS. The molecule has 2 aromatic rings. The lowest BCUT2D eigenvalue weighted by atomic mass is 10.1. The molecular weight excluding hydrogens is 381 g/mol. The number of guanidine groups is 1. The van der Waals surface area contributed by atoms with Gasteiger partial charge in [0.05, 0.1) is 11.4 Å². The summed E-state index contributed by atoms with van der Waals surface area (Å²) in [5.74, 6) is -0.0402. The molecule has 0 aliphatic carbocycles. The number of benzene rings is 1. The number of hydrogen-bond donors (Lipinski definition) is 3. The molecule has 0 saturated heterocycles. The zero-order chi connectivity index (χ0) is 16.8.